The molecule has 0 unspecified atom stereocenters. The van der Waals surface area contributed by atoms with Gasteiger partial charge in [-0.1, -0.05) is 0 Å². The van der Waals surface area contributed by atoms with Gasteiger partial charge >= 0.3 is 6.18 Å². The lowest BCUT2D eigenvalue weighted by atomic mass is 10.4. The summed E-state index contributed by atoms with van der Waals surface area (Å²) in [5.74, 6) is -0.733. The second-order valence-electron chi connectivity index (χ2n) is 2.76. The zero-order valence-corrected chi connectivity index (χ0v) is 9.07. The summed E-state index contributed by atoms with van der Waals surface area (Å²) in [6, 6.07) is 0. The molecule has 0 bridgehead atoms. The second kappa shape index (κ2) is 6.90. The zero-order chi connectivity index (χ0) is 11.9. The number of carbonyl (C=O) groups excluding carboxylic acids is 1. The van der Waals surface area contributed by atoms with Crippen LogP contribution in [0.1, 0.15) is 6.92 Å². The van der Waals surface area contributed by atoms with Crippen LogP contribution in [0.2, 0.25) is 0 Å². The SMILES string of the molecule is CCOCC(=O)N(CCCl)CC(F)(F)F. The second-order valence-corrected chi connectivity index (χ2v) is 3.13. The number of ether oxygens (including phenoxy) is 1. The van der Waals surface area contributed by atoms with Gasteiger partial charge in [0.1, 0.15) is 13.2 Å². The van der Waals surface area contributed by atoms with E-state index in [0.29, 0.717) is 4.90 Å². The van der Waals surface area contributed by atoms with Crippen molar-refractivity contribution in [1.29, 1.82) is 0 Å². The Balaban J connectivity index is 4.18. The Hall–Kier alpha value is -0.490. The normalized spacial score (nSPS) is 11.5. The van der Waals surface area contributed by atoms with Crippen molar-refractivity contribution in [2.45, 2.75) is 13.1 Å². The minimum absolute atomic E-state index is 0.0338. The molecule has 0 spiro atoms. The highest BCUT2D eigenvalue weighted by molar-refractivity contribution is 6.18. The van der Waals surface area contributed by atoms with Gasteiger partial charge in [-0.25, -0.2) is 0 Å². The predicted octanol–water partition coefficient (Wildman–Crippen LogP) is 1.65. The van der Waals surface area contributed by atoms with Crippen LogP contribution in [0.25, 0.3) is 0 Å². The average Bonchev–Trinajstić information content (AvgIpc) is 2.11. The molecule has 0 radical (unpaired) electrons. The first-order valence-electron chi connectivity index (χ1n) is 4.39. The van der Waals surface area contributed by atoms with Crippen LogP contribution in [0.3, 0.4) is 0 Å². The van der Waals surface area contributed by atoms with Crippen molar-refractivity contribution in [3.63, 3.8) is 0 Å². The number of nitrogens with zero attached hydrogens (tertiary/aromatic N) is 1. The minimum Gasteiger partial charge on any atom is -0.372 e. The molecule has 0 saturated heterocycles. The smallest absolute Gasteiger partial charge is 0.372 e. The molecule has 0 saturated carbocycles. The maximum Gasteiger partial charge on any atom is 0.406 e. The third-order valence-electron chi connectivity index (χ3n) is 1.51. The molecule has 0 rings (SSSR count). The molecule has 0 atom stereocenters. The highest BCUT2D eigenvalue weighted by Gasteiger charge is 2.32. The fraction of sp³-hybridized carbons (Fsp3) is 0.875. The topological polar surface area (TPSA) is 29.5 Å². The number of rotatable bonds is 6. The van der Waals surface area contributed by atoms with Crippen LogP contribution in [0.5, 0.6) is 0 Å². The fourth-order valence-electron chi connectivity index (χ4n) is 0.891. The molecule has 15 heavy (non-hydrogen) atoms. The van der Waals surface area contributed by atoms with Crippen LogP contribution < -0.4 is 0 Å². The lowest BCUT2D eigenvalue weighted by Gasteiger charge is -2.22. The van der Waals surface area contributed by atoms with Crippen molar-refractivity contribution < 1.29 is 22.7 Å². The quantitative estimate of drug-likeness (QED) is 0.668. The zero-order valence-electron chi connectivity index (χ0n) is 8.31. The highest BCUT2D eigenvalue weighted by atomic mass is 35.5. The lowest BCUT2D eigenvalue weighted by Crippen LogP contribution is -2.42. The van der Waals surface area contributed by atoms with Gasteiger partial charge in [-0.05, 0) is 6.92 Å². The first kappa shape index (κ1) is 14.5. The van der Waals surface area contributed by atoms with Crippen LogP contribution in [0, 0.1) is 0 Å². The van der Waals surface area contributed by atoms with Gasteiger partial charge in [-0.15, -0.1) is 11.6 Å². The Labute approximate surface area is 91.1 Å². The van der Waals surface area contributed by atoms with Crippen LogP contribution >= 0.6 is 11.6 Å². The van der Waals surface area contributed by atoms with E-state index in [4.69, 9.17) is 16.3 Å². The Kier molecular flexibility index (Phi) is 6.67. The summed E-state index contributed by atoms with van der Waals surface area (Å²) in [5, 5.41) is 0. The van der Waals surface area contributed by atoms with E-state index in [1.54, 1.807) is 6.92 Å². The summed E-state index contributed by atoms with van der Waals surface area (Å²) in [7, 11) is 0. The third kappa shape index (κ3) is 7.44. The number of hydrogen-bond donors (Lipinski definition) is 0. The number of carbonyl (C=O) groups is 1. The average molecular weight is 248 g/mol. The molecule has 3 nitrogen and oxygen atoms in total. The van der Waals surface area contributed by atoms with E-state index in [1.807, 2.05) is 0 Å². The summed E-state index contributed by atoms with van der Waals surface area (Å²) in [5.41, 5.74) is 0. The molecule has 0 aromatic heterocycles. The first-order chi connectivity index (χ1) is 6.90. The van der Waals surface area contributed by atoms with Gasteiger partial charge in [0.05, 0.1) is 0 Å². The van der Waals surface area contributed by atoms with Gasteiger partial charge in [0, 0.05) is 19.0 Å². The molecule has 0 fully saturated rings. The van der Waals surface area contributed by atoms with E-state index < -0.39 is 18.6 Å². The van der Waals surface area contributed by atoms with E-state index in [0.717, 1.165) is 0 Å². The molecule has 0 aliphatic heterocycles. The third-order valence-corrected chi connectivity index (χ3v) is 1.68. The highest BCUT2D eigenvalue weighted by Crippen LogP contribution is 2.16. The lowest BCUT2D eigenvalue weighted by molar-refractivity contribution is -0.163. The molecule has 90 valence electrons. The van der Waals surface area contributed by atoms with Crippen molar-refractivity contribution in [2.75, 3.05) is 32.2 Å². The molecule has 0 heterocycles. The first-order valence-corrected chi connectivity index (χ1v) is 4.92. The van der Waals surface area contributed by atoms with Gasteiger partial charge in [-0.3, -0.25) is 4.79 Å². The van der Waals surface area contributed by atoms with E-state index in [2.05, 4.69) is 0 Å². The molecule has 0 aliphatic rings. The van der Waals surface area contributed by atoms with E-state index in [9.17, 15) is 18.0 Å². The standard InChI is InChI=1S/C8H13ClF3NO2/c1-2-15-5-7(14)13(4-3-9)6-8(10,11)12/h2-6H2,1H3. The molecule has 0 aromatic rings. The predicted molar refractivity (Wildman–Crippen MR) is 49.8 cm³/mol. The molecule has 7 heteroatoms. The van der Waals surface area contributed by atoms with Crippen molar-refractivity contribution >= 4 is 17.5 Å². The van der Waals surface area contributed by atoms with Gasteiger partial charge in [0.2, 0.25) is 5.91 Å². The largest absolute Gasteiger partial charge is 0.406 e. The Morgan fingerprint density at radius 1 is 1.47 bits per heavy atom. The number of amides is 1. The molecule has 1 amide bonds. The summed E-state index contributed by atoms with van der Waals surface area (Å²) in [4.78, 5) is 11.9. The van der Waals surface area contributed by atoms with E-state index in [1.165, 1.54) is 0 Å². The maximum absolute atomic E-state index is 12.0. The van der Waals surface area contributed by atoms with E-state index in [-0.39, 0.29) is 25.6 Å². The van der Waals surface area contributed by atoms with Crippen molar-refractivity contribution in [2.24, 2.45) is 0 Å². The number of halogens is 4. The monoisotopic (exact) mass is 247 g/mol. The summed E-state index contributed by atoms with van der Waals surface area (Å²) in [6.45, 7) is 0.178. The van der Waals surface area contributed by atoms with Crippen LogP contribution in [-0.4, -0.2) is 49.2 Å². The van der Waals surface area contributed by atoms with Crippen molar-refractivity contribution in [3.8, 4) is 0 Å². The molecule has 0 aliphatic carbocycles. The fourth-order valence-corrected chi connectivity index (χ4v) is 1.10. The van der Waals surface area contributed by atoms with Crippen molar-refractivity contribution in [3.05, 3.63) is 0 Å². The van der Waals surface area contributed by atoms with Crippen LogP contribution in [0.4, 0.5) is 13.2 Å². The van der Waals surface area contributed by atoms with Gasteiger partial charge in [0.25, 0.3) is 0 Å². The summed E-state index contributed by atoms with van der Waals surface area (Å²) in [6.07, 6.45) is -4.41. The molecule has 0 N–H and O–H groups in total. The number of hydrogen-bond acceptors (Lipinski definition) is 2. The van der Waals surface area contributed by atoms with E-state index >= 15 is 0 Å². The van der Waals surface area contributed by atoms with Gasteiger partial charge in [0.15, 0.2) is 0 Å². The number of alkyl halides is 4. The molecule has 0 aromatic carbocycles. The van der Waals surface area contributed by atoms with Gasteiger partial charge in [-0.2, -0.15) is 13.2 Å². The summed E-state index contributed by atoms with van der Waals surface area (Å²) < 4.78 is 40.8. The maximum atomic E-state index is 12.0. The Morgan fingerprint density at radius 3 is 2.47 bits per heavy atom. The van der Waals surface area contributed by atoms with Crippen LogP contribution in [-0.2, 0) is 9.53 Å². The molecular weight excluding hydrogens is 235 g/mol. The minimum atomic E-state index is -4.41. The Bertz CT molecular complexity index is 199. The Morgan fingerprint density at radius 2 is 2.07 bits per heavy atom. The van der Waals surface area contributed by atoms with Gasteiger partial charge < -0.3 is 9.64 Å². The van der Waals surface area contributed by atoms with Crippen molar-refractivity contribution in [1.82, 2.24) is 4.90 Å². The summed E-state index contributed by atoms with van der Waals surface area (Å²) >= 11 is 5.30. The molecular formula is C8H13ClF3NO2. The van der Waals surface area contributed by atoms with Crippen LogP contribution in [0.15, 0.2) is 0 Å².